The number of aliphatic carboxylic acids is 1. The van der Waals surface area contributed by atoms with Gasteiger partial charge in [-0.15, -0.1) is 11.3 Å². The Morgan fingerprint density at radius 3 is 2.67 bits per heavy atom. The number of benzene rings is 2. The van der Waals surface area contributed by atoms with Crippen LogP contribution >= 0.6 is 11.3 Å². The van der Waals surface area contributed by atoms with Crippen LogP contribution in [0.4, 0.5) is 5.13 Å². The number of carboxylic acids is 1. The first-order chi connectivity index (χ1) is 18.9. The van der Waals surface area contributed by atoms with Crippen LogP contribution in [-0.4, -0.2) is 62.9 Å². The molecule has 0 atom stereocenters. The molecule has 0 aliphatic carbocycles. The highest BCUT2D eigenvalue weighted by atomic mass is 32.2. The van der Waals surface area contributed by atoms with Crippen LogP contribution < -0.4 is 9.64 Å². The minimum atomic E-state index is -0.717. The number of carbonyl (C=O) groups is 1. The van der Waals surface area contributed by atoms with E-state index in [0.717, 1.165) is 52.7 Å². The summed E-state index contributed by atoms with van der Waals surface area (Å²) in [6.45, 7) is 6.04. The lowest BCUT2D eigenvalue weighted by atomic mass is 9.97. The van der Waals surface area contributed by atoms with Gasteiger partial charge in [0, 0.05) is 71.5 Å². The van der Waals surface area contributed by atoms with E-state index >= 15 is 0 Å². The second-order valence-corrected chi connectivity index (χ2v) is 12.7. The standard InChI is InChI=1S/C29H32N4O4S2/c1-20-2-5-27(25(14-20)26-19-38-29(31-26)33-8-6-22(7-9-33)28(34)35)37-18-23-4-3-21(15-24(23)16-30)17-32-10-12-39(36)13-11-32/h2-5,14-15,19,22H,6-13,17-18H2,1H3,(H,34,35). The second kappa shape index (κ2) is 12.3. The molecule has 5 rings (SSSR count). The number of hydrogen-bond acceptors (Lipinski definition) is 8. The number of nitriles is 1. The molecule has 0 amide bonds. The maximum absolute atomic E-state index is 11.6. The molecule has 2 aliphatic rings. The van der Waals surface area contributed by atoms with Crippen LogP contribution in [0.2, 0.25) is 0 Å². The minimum Gasteiger partial charge on any atom is -0.488 e. The zero-order valence-corrected chi connectivity index (χ0v) is 23.6. The Bertz CT molecular complexity index is 1400. The summed E-state index contributed by atoms with van der Waals surface area (Å²) < 4.78 is 17.9. The normalized spacial score (nSPS) is 17.2. The number of thiazole rings is 1. The summed E-state index contributed by atoms with van der Waals surface area (Å²) >= 11 is 1.56. The molecule has 0 spiro atoms. The third-order valence-electron chi connectivity index (χ3n) is 7.37. The number of rotatable bonds is 8. The summed E-state index contributed by atoms with van der Waals surface area (Å²) in [5.41, 5.74) is 5.32. The summed E-state index contributed by atoms with van der Waals surface area (Å²) in [5, 5.41) is 22.0. The highest BCUT2D eigenvalue weighted by Gasteiger charge is 2.26. The maximum Gasteiger partial charge on any atom is 0.306 e. The molecule has 3 aromatic rings. The van der Waals surface area contributed by atoms with Crippen LogP contribution in [0, 0.1) is 24.2 Å². The van der Waals surface area contributed by atoms with Gasteiger partial charge in [0.25, 0.3) is 0 Å². The molecule has 1 N–H and O–H groups in total. The molecular weight excluding hydrogens is 532 g/mol. The van der Waals surface area contributed by atoms with Crippen molar-refractivity contribution in [3.8, 4) is 23.1 Å². The highest BCUT2D eigenvalue weighted by Crippen LogP contribution is 2.36. The predicted octanol–water partition coefficient (Wildman–Crippen LogP) is 4.43. The zero-order valence-electron chi connectivity index (χ0n) is 22.0. The van der Waals surface area contributed by atoms with E-state index in [9.17, 15) is 19.4 Å². The summed E-state index contributed by atoms with van der Waals surface area (Å²) in [5.74, 6) is 1.13. The van der Waals surface area contributed by atoms with Gasteiger partial charge in [-0.25, -0.2) is 4.98 Å². The lowest BCUT2D eigenvalue weighted by molar-refractivity contribution is -0.142. The van der Waals surface area contributed by atoms with E-state index in [0.29, 0.717) is 48.7 Å². The van der Waals surface area contributed by atoms with Crippen LogP contribution in [0.1, 0.15) is 35.1 Å². The van der Waals surface area contributed by atoms with Crippen LogP contribution in [0.15, 0.2) is 41.8 Å². The fourth-order valence-corrected chi connectivity index (χ4v) is 7.03. The van der Waals surface area contributed by atoms with Gasteiger partial charge in [0.15, 0.2) is 5.13 Å². The zero-order chi connectivity index (χ0) is 27.4. The van der Waals surface area contributed by atoms with Crippen LogP contribution in [0.25, 0.3) is 11.3 Å². The van der Waals surface area contributed by atoms with Gasteiger partial charge in [0.2, 0.25) is 0 Å². The van der Waals surface area contributed by atoms with Gasteiger partial charge in [-0.2, -0.15) is 5.26 Å². The van der Waals surface area contributed by atoms with Gasteiger partial charge in [0.1, 0.15) is 12.4 Å². The first-order valence-corrected chi connectivity index (χ1v) is 15.5. The Labute approximate surface area is 235 Å². The summed E-state index contributed by atoms with van der Waals surface area (Å²) in [4.78, 5) is 20.6. The number of nitrogens with zero attached hydrogens (tertiary/aromatic N) is 4. The van der Waals surface area contributed by atoms with E-state index in [1.54, 1.807) is 11.3 Å². The number of aryl methyl sites for hydroxylation is 1. The van der Waals surface area contributed by atoms with Gasteiger partial charge < -0.3 is 14.7 Å². The number of piperidine rings is 1. The lowest BCUT2D eigenvalue weighted by Gasteiger charge is -2.29. The largest absolute Gasteiger partial charge is 0.488 e. The molecule has 1 aromatic heterocycles. The molecule has 0 radical (unpaired) electrons. The Morgan fingerprint density at radius 2 is 1.95 bits per heavy atom. The summed E-state index contributed by atoms with van der Waals surface area (Å²) in [6.07, 6.45) is 1.25. The van der Waals surface area contributed by atoms with Crippen LogP contribution in [0.3, 0.4) is 0 Å². The van der Waals surface area contributed by atoms with Crippen molar-refractivity contribution < 1.29 is 18.8 Å². The molecule has 39 heavy (non-hydrogen) atoms. The first-order valence-electron chi connectivity index (χ1n) is 13.2. The first kappa shape index (κ1) is 27.3. The Balaban J connectivity index is 1.28. The fourth-order valence-electron chi connectivity index (χ4n) is 5.02. The molecule has 0 saturated carbocycles. The van der Waals surface area contributed by atoms with Gasteiger partial charge in [0.05, 0.1) is 23.2 Å². The lowest BCUT2D eigenvalue weighted by Crippen LogP contribution is -2.37. The van der Waals surface area contributed by atoms with E-state index < -0.39 is 16.8 Å². The number of aromatic nitrogens is 1. The average Bonchev–Trinajstić information content (AvgIpc) is 3.44. The van der Waals surface area contributed by atoms with Crippen molar-refractivity contribution in [3.05, 3.63) is 64.0 Å². The molecule has 3 heterocycles. The molecule has 8 nitrogen and oxygen atoms in total. The molecule has 2 aromatic carbocycles. The predicted molar refractivity (Wildman–Crippen MR) is 154 cm³/mol. The third-order valence-corrected chi connectivity index (χ3v) is 9.55. The van der Waals surface area contributed by atoms with E-state index in [2.05, 4.69) is 21.9 Å². The van der Waals surface area contributed by atoms with Crippen molar-refractivity contribution >= 4 is 33.2 Å². The van der Waals surface area contributed by atoms with Crippen molar-refractivity contribution in [1.29, 1.82) is 5.26 Å². The monoisotopic (exact) mass is 564 g/mol. The topological polar surface area (TPSA) is 107 Å². The van der Waals surface area contributed by atoms with Gasteiger partial charge in [-0.05, 0) is 43.5 Å². The van der Waals surface area contributed by atoms with Crippen molar-refractivity contribution in [3.63, 3.8) is 0 Å². The van der Waals surface area contributed by atoms with Crippen molar-refractivity contribution in [2.75, 3.05) is 42.6 Å². The Kier molecular flexibility index (Phi) is 8.60. The van der Waals surface area contributed by atoms with E-state index in [1.165, 1.54) is 0 Å². The number of ether oxygens (including phenoxy) is 1. The molecule has 2 aliphatic heterocycles. The number of anilines is 1. The quantitative estimate of drug-likeness (QED) is 0.428. The van der Waals surface area contributed by atoms with Crippen LogP contribution in [0.5, 0.6) is 5.75 Å². The molecule has 0 unspecified atom stereocenters. The summed E-state index contributed by atoms with van der Waals surface area (Å²) in [7, 11) is -0.706. The maximum atomic E-state index is 11.6. The molecule has 0 bridgehead atoms. The Hall–Kier alpha value is -3.26. The van der Waals surface area contributed by atoms with Crippen molar-refractivity contribution in [2.45, 2.75) is 32.9 Å². The van der Waals surface area contributed by atoms with Crippen molar-refractivity contribution in [1.82, 2.24) is 9.88 Å². The van der Waals surface area contributed by atoms with Gasteiger partial charge >= 0.3 is 5.97 Å². The minimum absolute atomic E-state index is 0.266. The Morgan fingerprint density at radius 1 is 1.18 bits per heavy atom. The smallest absolute Gasteiger partial charge is 0.306 e. The molecular formula is C29H32N4O4S2. The van der Waals surface area contributed by atoms with Gasteiger partial charge in [-0.1, -0.05) is 23.8 Å². The van der Waals surface area contributed by atoms with Crippen molar-refractivity contribution in [2.24, 2.45) is 5.92 Å². The SMILES string of the molecule is Cc1ccc(OCc2ccc(CN3CCS(=O)CC3)cc2C#N)c(-c2csc(N3CCC(C(=O)O)CC3)n2)c1. The molecule has 2 fully saturated rings. The third kappa shape index (κ3) is 6.67. The fraction of sp³-hybridized carbons (Fsp3) is 0.414. The molecule has 204 valence electrons. The highest BCUT2D eigenvalue weighted by molar-refractivity contribution is 7.85. The van der Waals surface area contributed by atoms with Gasteiger partial charge in [-0.3, -0.25) is 13.9 Å². The van der Waals surface area contributed by atoms with Crippen LogP contribution in [-0.2, 0) is 28.7 Å². The second-order valence-electron chi connectivity index (χ2n) is 10.1. The summed E-state index contributed by atoms with van der Waals surface area (Å²) in [6, 6.07) is 14.3. The molecule has 10 heteroatoms. The van der Waals surface area contributed by atoms with E-state index in [-0.39, 0.29) is 12.5 Å². The molecule has 2 saturated heterocycles. The number of hydrogen-bond donors (Lipinski definition) is 1. The van der Waals surface area contributed by atoms with E-state index in [1.807, 2.05) is 42.6 Å². The van der Waals surface area contributed by atoms with E-state index in [4.69, 9.17) is 9.72 Å². The average molecular weight is 565 g/mol. The number of carboxylic acid groups (broad SMARTS) is 1.